The lowest BCUT2D eigenvalue weighted by Gasteiger charge is -2.27. The van der Waals surface area contributed by atoms with Gasteiger partial charge < -0.3 is 19.3 Å². The number of methoxy groups -OCH3 is 1. The second kappa shape index (κ2) is 10.6. The fraction of sp³-hybridized carbons (Fsp3) is 0.407. The third kappa shape index (κ3) is 5.26. The number of anilines is 1. The Morgan fingerprint density at radius 2 is 2.15 bits per heavy atom. The van der Waals surface area contributed by atoms with E-state index in [2.05, 4.69) is 11.0 Å². The number of rotatable bonds is 8. The maximum Gasteiger partial charge on any atom is 0.246 e. The van der Waals surface area contributed by atoms with Gasteiger partial charge in [0.05, 0.1) is 18.7 Å². The number of carbonyl (C=O) groups is 1. The summed E-state index contributed by atoms with van der Waals surface area (Å²) in [7, 11) is 1.68. The van der Waals surface area contributed by atoms with Crippen molar-refractivity contribution in [2.75, 3.05) is 38.3 Å². The lowest BCUT2D eigenvalue weighted by Crippen LogP contribution is -2.36. The molecule has 0 saturated carbocycles. The number of fused-ring (bicyclic) bond motifs is 1. The van der Waals surface area contributed by atoms with E-state index in [1.807, 2.05) is 46.7 Å². The van der Waals surface area contributed by atoms with Crippen molar-refractivity contribution < 1.29 is 14.3 Å². The Labute approximate surface area is 204 Å². The number of ether oxygens (including phenoxy) is 2. The van der Waals surface area contributed by atoms with Gasteiger partial charge in [-0.3, -0.25) is 4.79 Å². The summed E-state index contributed by atoms with van der Waals surface area (Å²) >= 11 is 1.63. The van der Waals surface area contributed by atoms with Gasteiger partial charge in [0.1, 0.15) is 11.6 Å². The van der Waals surface area contributed by atoms with Gasteiger partial charge in [0.25, 0.3) is 0 Å². The molecule has 6 nitrogen and oxygen atoms in total. The third-order valence-electron chi connectivity index (χ3n) is 6.54. The molecule has 2 aliphatic heterocycles. The van der Waals surface area contributed by atoms with E-state index in [-0.39, 0.29) is 12.0 Å². The van der Waals surface area contributed by atoms with Crippen molar-refractivity contribution in [3.8, 4) is 5.75 Å². The molecule has 1 aromatic carbocycles. The summed E-state index contributed by atoms with van der Waals surface area (Å²) in [4.78, 5) is 23.8. The minimum atomic E-state index is 0.00565. The number of aromatic nitrogens is 1. The standard InChI is InChI=1S/C27H31N3O3S/c1-32-22-9-8-20-16-21(27(28-25(20)17-22)29-12-2-3-13-29)18-30(19-23-6-4-14-33-23)26(31)11-10-24-7-5-15-34-24/h5,7-11,15-17,23H,2-4,6,12-14,18-19H2,1H3/b11-10+. The molecule has 2 aliphatic rings. The van der Waals surface area contributed by atoms with Crippen LogP contribution in [0.25, 0.3) is 17.0 Å². The first kappa shape index (κ1) is 22.9. The van der Waals surface area contributed by atoms with Gasteiger partial charge in [-0.25, -0.2) is 4.98 Å². The van der Waals surface area contributed by atoms with Crippen LogP contribution in [0.4, 0.5) is 5.82 Å². The molecule has 1 atom stereocenters. The van der Waals surface area contributed by atoms with Crippen molar-refractivity contribution in [3.63, 3.8) is 0 Å². The smallest absolute Gasteiger partial charge is 0.246 e. The molecule has 0 aliphatic carbocycles. The van der Waals surface area contributed by atoms with Crippen LogP contribution in [0, 0.1) is 0 Å². The minimum absolute atomic E-state index is 0.00565. The van der Waals surface area contributed by atoms with Gasteiger partial charge in [-0.1, -0.05) is 6.07 Å². The van der Waals surface area contributed by atoms with E-state index in [1.165, 1.54) is 12.8 Å². The van der Waals surface area contributed by atoms with E-state index in [4.69, 9.17) is 14.5 Å². The Morgan fingerprint density at radius 1 is 1.26 bits per heavy atom. The van der Waals surface area contributed by atoms with Crippen LogP contribution in [0.15, 0.2) is 47.9 Å². The molecule has 5 rings (SSSR count). The molecule has 0 spiro atoms. The summed E-state index contributed by atoms with van der Waals surface area (Å²) in [5, 5.41) is 3.07. The number of nitrogens with zero attached hydrogens (tertiary/aromatic N) is 3. The molecule has 178 valence electrons. The first-order valence-corrected chi connectivity index (χ1v) is 12.9. The van der Waals surface area contributed by atoms with Crippen LogP contribution in [-0.4, -0.2) is 55.2 Å². The molecule has 4 heterocycles. The van der Waals surface area contributed by atoms with Crippen molar-refractivity contribution >= 4 is 40.0 Å². The zero-order valence-corrected chi connectivity index (χ0v) is 20.4. The number of benzene rings is 1. The van der Waals surface area contributed by atoms with Crippen LogP contribution in [0.3, 0.4) is 0 Å². The van der Waals surface area contributed by atoms with Crippen LogP contribution in [-0.2, 0) is 16.1 Å². The van der Waals surface area contributed by atoms with Gasteiger partial charge in [0.2, 0.25) is 5.91 Å². The molecule has 34 heavy (non-hydrogen) atoms. The fourth-order valence-corrected chi connectivity index (χ4v) is 5.36. The number of carbonyl (C=O) groups excluding carboxylic acids is 1. The van der Waals surface area contributed by atoms with Crippen LogP contribution < -0.4 is 9.64 Å². The summed E-state index contributed by atoms with van der Waals surface area (Å²) in [5.41, 5.74) is 2.00. The zero-order chi connectivity index (χ0) is 23.3. The molecule has 0 bridgehead atoms. The normalized spacial score (nSPS) is 18.3. The lowest BCUT2D eigenvalue weighted by molar-refractivity contribution is -0.128. The second-order valence-electron chi connectivity index (χ2n) is 8.93. The van der Waals surface area contributed by atoms with Crippen molar-refractivity contribution in [3.05, 3.63) is 58.3 Å². The fourth-order valence-electron chi connectivity index (χ4n) is 4.74. The average Bonchev–Trinajstić information content (AvgIpc) is 3.65. The Morgan fingerprint density at radius 3 is 2.88 bits per heavy atom. The van der Waals surface area contributed by atoms with E-state index < -0.39 is 0 Å². The second-order valence-corrected chi connectivity index (χ2v) is 9.91. The highest BCUT2D eigenvalue weighted by Crippen LogP contribution is 2.30. The molecular formula is C27H31N3O3S. The highest BCUT2D eigenvalue weighted by atomic mass is 32.1. The molecule has 0 radical (unpaired) electrons. The molecule has 7 heteroatoms. The molecular weight excluding hydrogens is 446 g/mol. The number of hydrogen-bond donors (Lipinski definition) is 0. The van der Waals surface area contributed by atoms with Crippen LogP contribution in [0.5, 0.6) is 5.75 Å². The summed E-state index contributed by atoms with van der Waals surface area (Å²) in [6.07, 6.45) is 8.06. The number of thiophene rings is 1. The molecule has 1 unspecified atom stereocenters. The van der Waals surface area contributed by atoms with Crippen molar-refractivity contribution in [2.45, 2.75) is 38.3 Å². The molecule has 3 aromatic rings. The zero-order valence-electron chi connectivity index (χ0n) is 19.6. The Bertz CT molecular complexity index is 1150. The Balaban J connectivity index is 1.47. The van der Waals surface area contributed by atoms with Gasteiger partial charge >= 0.3 is 0 Å². The predicted octanol–water partition coefficient (Wildman–Crippen LogP) is 5.13. The third-order valence-corrected chi connectivity index (χ3v) is 7.38. The summed E-state index contributed by atoms with van der Waals surface area (Å²) in [6, 6.07) is 12.2. The van der Waals surface area contributed by atoms with Crippen LogP contribution in [0.2, 0.25) is 0 Å². The number of hydrogen-bond acceptors (Lipinski definition) is 6. The molecule has 0 N–H and O–H groups in total. The van der Waals surface area contributed by atoms with E-state index in [0.29, 0.717) is 13.1 Å². The summed E-state index contributed by atoms with van der Waals surface area (Å²) in [5.74, 6) is 1.78. The quantitative estimate of drug-likeness (QED) is 0.421. The van der Waals surface area contributed by atoms with E-state index in [1.54, 1.807) is 24.5 Å². The number of amides is 1. The summed E-state index contributed by atoms with van der Waals surface area (Å²) < 4.78 is 11.3. The first-order valence-electron chi connectivity index (χ1n) is 12.0. The average molecular weight is 478 g/mol. The highest BCUT2D eigenvalue weighted by Gasteiger charge is 2.25. The van der Waals surface area contributed by atoms with Gasteiger partial charge in [-0.2, -0.15) is 0 Å². The Kier molecular flexibility index (Phi) is 7.11. The van der Waals surface area contributed by atoms with E-state index in [0.717, 1.165) is 65.4 Å². The molecule has 1 amide bonds. The maximum atomic E-state index is 13.3. The minimum Gasteiger partial charge on any atom is -0.497 e. The first-order chi connectivity index (χ1) is 16.7. The largest absolute Gasteiger partial charge is 0.497 e. The van der Waals surface area contributed by atoms with Crippen molar-refractivity contribution in [1.29, 1.82) is 0 Å². The van der Waals surface area contributed by atoms with E-state index >= 15 is 0 Å². The molecule has 2 fully saturated rings. The van der Waals surface area contributed by atoms with E-state index in [9.17, 15) is 4.79 Å². The predicted molar refractivity (Wildman–Crippen MR) is 137 cm³/mol. The van der Waals surface area contributed by atoms with Gasteiger partial charge in [0.15, 0.2) is 0 Å². The van der Waals surface area contributed by atoms with Crippen LogP contribution >= 0.6 is 11.3 Å². The SMILES string of the molecule is COc1ccc2cc(CN(CC3CCCO3)C(=O)/C=C/c3cccs3)c(N3CCCC3)nc2c1. The maximum absolute atomic E-state index is 13.3. The Hall–Kier alpha value is -2.90. The highest BCUT2D eigenvalue weighted by molar-refractivity contribution is 7.10. The van der Waals surface area contributed by atoms with Gasteiger partial charge in [-0.15, -0.1) is 11.3 Å². The van der Waals surface area contributed by atoms with Crippen molar-refractivity contribution in [1.82, 2.24) is 9.88 Å². The lowest BCUT2D eigenvalue weighted by atomic mass is 10.1. The number of pyridine rings is 1. The molecule has 2 aromatic heterocycles. The topological polar surface area (TPSA) is 54.9 Å². The van der Waals surface area contributed by atoms with Gasteiger partial charge in [-0.05, 0) is 61.4 Å². The van der Waals surface area contributed by atoms with Gasteiger partial charge in [0, 0.05) is 60.8 Å². The monoisotopic (exact) mass is 477 g/mol. The van der Waals surface area contributed by atoms with Crippen LogP contribution in [0.1, 0.15) is 36.1 Å². The van der Waals surface area contributed by atoms with Crippen molar-refractivity contribution in [2.24, 2.45) is 0 Å². The summed E-state index contributed by atoms with van der Waals surface area (Å²) in [6.45, 7) is 3.86. The molecule has 2 saturated heterocycles.